The van der Waals surface area contributed by atoms with Crippen LogP contribution < -0.4 is 16.0 Å². The number of hydrogen-bond donors (Lipinski definition) is 3. The molecule has 4 aromatic rings. The number of anilines is 2. The van der Waals surface area contributed by atoms with Crippen LogP contribution in [0.1, 0.15) is 84.4 Å². The van der Waals surface area contributed by atoms with Gasteiger partial charge in [-0.05, 0) is 117 Å². The van der Waals surface area contributed by atoms with Gasteiger partial charge in [0.25, 0.3) is 11.8 Å². The van der Waals surface area contributed by atoms with Crippen LogP contribution in [0.4, 0.5) is 10.7 Å². The molecule has 0 saturated carbocycles. The first-order chi connectivity index (χ1) is 22.9. The molecule has 9 heteroatoms. The van der Waals surface area contributed by atoms with Crippen molar-refractivity contribution in [3.05, 3.63) is 117 Å². The molecule has 0 bridgehead atoms. The minimum Gasteiger partial charge on any atom is -0.465 e. The fourth-order valence-electron chi connectivity index (χ4n) is 5.83. The number of aryl methyl sites for hydroxylation is 3. The van der Waals surface area contributed by atoms with E-state index in [2.05, 4.69) is 51.5 Å². The van der Waals surface area contributed by atoms with Crippen molar-refractivity contribution in [3.8, 4) is 0 Å². The molecule has 3 N–H and O–H groups in total. The van der Waals surface area contributed by atoms with E-state index in [-0.39, 0.29) is 17.8 Å². The number of ether oxygens (including phenoxy) is 1. The molecule has 0 saturated heterocycles. The van der Waals surface area contributed by atoms with Crippen LogP contribution in [0.25, 0.3) is 0 Å². The van der Waals surface area contributed by atoms with Crippen LogP contribution in [0.2, 0.25) is 0 Å². The van der Waals surface area contributed by atoms with Crippen molar-refractivity contribution < 1.29 is 19.1 Å². The quantitative estimate of drug-likeness (QED) is 0.0687. The molecule has 1 heterocycles. The fourth-order valence-corrected chi connectivity index (χ4v) is 8.04. The number of carbonyl (C=O) groups is 3. The lowest BCUT2D eigenvalue weighted by Crippen LogP contribution is -2.31. The molecular formula is C38H42IN3O4S. The smallest absolute Gasteiger partial charge is 0.337 e. The third kappa shape index (κ3) is 9.30. The minimum absolute atomic E-state index is 0.196. The van der Waals surface area contributed by atoms with E-state index in [0.717, 1.165) is 84.6 Å². The molecule has 5 rings (SSSR count). The molecule has 2 amide bonds. The summed E-state index contributed by atoms with van der Waals surface area (Å²) in [7, 11) is 1.38. The van der Waals surface area contributed by atoms with Crippen molar-refractivity contribution in [1.29, 1.82) is 0 Å². The van der Waals surface area contributed by atoms with Gasteiger partial charge in [0.05, 0.1) is 18.2 Å². The zero-order chi connectivity index (χ0) is 33.2. The summed E-state index contributed by atoms with van der Waals surface area (Å²) >= 11 is 3.94. The summed E-state index contributed by atoms with van der Waals surface area (Å²) < 4.78 is 5.84. The van der Waals surface area contributed by atoms with Crippen molar-refractivity contribution in [2.24, 2.45) is 0 Å². The van der Waals surface area contributed by atoms with E-state index in [9.17, 15) is 14.4 Å². The topological polar surface area (TPSA) is 96.5 Å². The normalized spacial score (nSPS) is 13.0. The summed E-state index contributed by atoms with van der Waals surface area (Å²) in [6.45, 7) is 3.05. The second-order valence-electron chi connectivity index (χ2n) is 11.9. The number of benzene rings is 3. The highest BCUT2D eigenvalue weighted by molar-refractivity contribution is 14.1. The molecule has 0 radical (unpaired) electrons. The highest BCUT2D eigenvalue weighted by atomic mass is 127. The molecule has 1 aliphatic rings. The Morgan fingerprint density at radius 2 is 1.53 bits per heavy atom. The Bertz CT molecular complexity index is 1680. The Kier molecular flexibility index (Phi) is 12.6. The number of fused-ring (bicyclic) bond motifs is 1. The summed E-state index contributed by atoms with van der Waals surface area (Å²) in [5, 5.41) is 10.4. The van der Waals surface area contributed by atoms with Gasteiger partial charge in [-0.3, -0.25) is 9.59 Å². The van der Waals surface area contributed by atoms with Gasteiger partial charge in [-0.25, -0.2) is 4.79 Å². The van der Waals surface area contributed by atoms with E-state index in [1.54, 1.807) is 12.1 Å². The summed E-state index contributed by atoms with van der Waals surface area (Å²) in [5.41, 5.74) is 6.88. The predicted molar refractivity (Wildman–Crippen MR) is 200 cm³/mol. The second kappa shape index (κ2) is 17.0. The van der Waals surface area contributed by atoms with E-state index in [1.807, 2.05) is 54.6 Å². The van der Waals surface area contributed by atoms with Crippen molar-refractivity contribution >= 4 is 62.4 Å². The van der Waals surface area contributed by atoms with E-state index >= 15 is 0 Å². The molecule has 1 atom stereocenters. The fraction of sp³-hybridized carbons (Fsp3) is 0.342. The van der Waals surface area contributed by atoms with Gasteiger partial charge in [0, 0.05) is 26.6 Å². The second-order valence-corrected chi connectivity index (χ2v) is 13.9. The zero-order valence-corrected chi connectivity index (χ0v) is 30.0. The van der Waals surface area contributed by atoms with Crippen LogP contribution in [0.3, 0.4) is 0 Å². The van der Waals surface area contributed by atoms with Crippen LogP contribution in [-0.4, -0.2) is 41.9 Å². The summed E-state index contributed by atoms with van der Waals surface area (Å²) in [6.07, 6.45) is 7.48. The minimum atomic E-state index is -0.340. The highest BCUT2D eigenvalue weighted by Gasteiger charge is 2.27. The first kappa shape index (κ1) is 34.8. The molecule has 0 aliphatic heterocycles. The first-order valence-electron chi connectivity index (χ1n) is 16.3. The molecule has 3 aromatic carbocycles. The number of thiophene rings is 1. The number of halogens is 1. The SMILES string of the molecule is CCC(CI)NCCc1cccc(C(=O)Nc2sc3c(c2C(=O)Nc2ccc(CCc4ccc(C(=O)OC)cc4)cc2)CCCC3)c1. The lowest BCUT2D eigenvalue weighted by molar-refractivity contribution is 0.0600. The Hall–Kier alpha value is -3.54. The zero-order valence-electron chi connectivity index (χ0n) is 27.0. The van der Waals surface area contributed by atoms with Gasteiger partial charge in [0.2, 0.25) is 0 Å². The van der Waals surface area contributed by atoms with Gasteiger partial charge < -0.3 is 20.7 Å². The number of nitrogens with one attached hydrogen (secondary N) is 3. The molecule has 7 nitrogen and oxygen atoms in total. The molecule has 0 spiro atoms. The maximum atomic E-state index is 13.8. The summed E-state index contributed by atoms with van der Waals surface area (Å²) in [5.74, 6) is -0.734. The molecular weight excluding hydrogens is 721 g/mol. The number of hydrogen-bond acceptors (Lipinski definition) is 6. The molecule has 1 aliphatic carbocycles. The Labute approximate surface area is 295 Å². The van der Waals surface area contributed by atoms with Crippen molar-refractivity contribution in [3.63, 3.8) is 0 Å². The van der Waals surface area contributed by atoms with Gasteiger partial charge in [-0.1, -0.05) is 65.9 Å². The van der Waals surface area contributed by atoms with Crippen LogP contribution >= 0.6 is 33.9 Å². The average molecular weight is 764 g/mol. The summed E-state index contributed by atoms with van der Waals surface area (Å²) in [6, 6.07) is 23.6. The van der Waals surface area contributed by atoms with Crippen LogP contribution in [0.15, 0.2) is 72.8 Å². The van der Waals surface area contributed by atoms with Crippen molar-refractivity contribution in [1.82, 2.24) is 5.32 Å². The van der Waals surface area contributed by atoms with Crippen molar-refractivity contribution in [2.75, 3.05) is 28.7 Å². The number of esters is 1. The lowest BCUT2D eigenvalue weighted by Gasteiger charge is -2.14. The molecule has 47 heavy (non-hydrogen) atoms. The maximum absolute atomic E-state index is 13.8. The average Bonchev–Trinajstić information content (AvgIpc) is 3.47. The number of carbonyl (C=O) groups excluding carboxylic acids is 3. The number of methoxy groups -OCH3 is 1. The monoisotopic (exact) mass is 763 g/mol. The molecule has 246 valence electrons. The molecule has 1 aromatic heterocycles. The Morgan fingerprint density at radius 3 is 2.21 bits per heavy atom. The standard InChI is InChI=1S/C38H42IN3O4S/c1-3-30(24-39)40-22-21-27-7-6-8-29(23-27)35(43)42-37-34(32-9-4-5-10-33(32)47-37)36(44)41-31-19-15-26(16-20-31)12-11-25-13-17-28(18-14-25)38(45)46-2/h6-8,13-20,23,30,40H,3-5,9-12,21-22,24H2,1-2H3,(H,41,44)(H,42,43). The lowest BCUT2D eigenvalue weighted by atomic mass is 9.95. The van der Waals surface area contributed by atoms with E-state index in [4.69, 9.17) is 4.74 Å². The van der Waals surface area contributed by atoms with Gasteiger partial charge >= 0.3 is 5.97 Å². The first-order valence-corrected chi connectivity index (χ1v) is 18.6. The maximum Gasteiger partial charge on any atom is 0.337 e. The van der Waals surface area contributed by atoms with E-state index < -0.39 is 0 Å². The van der Waals surface area contributed by atoms with Crippen LogP contribution in [-0.2, 0) is 36.8 Å². The third-order valence-corrected chi connectivity index (χ3v) is 10.9. The van der Waals surface area contributed by atoms with Crippen LogP contribution in [0, 0.1) is 0 Å². The number of amides is 2. The largest absolute Gasteiger partial charge is 0.465 e. The van der Waals surface area contributed by atoms with E-state index in [0.29, 0.717) is 33.4 Å². The number of rotatable bonds is 14. The molecule has 1 unspecified atom stereocenters. The summed E-state index contributed by atoms with van der Waals surface area (Å²) in [4.78, 5) is 40.1. The highest BCUT2D eigenvalue weighted by Crippen LogP contribution is 2.39. The third-order valence-electron chi connectivity index (χ3n) is 8.63. The van der Waals surface area contributed by atoms with Gasteiger partial charge in [0.1, 0.15) is 5.00 Å². The van der Waals surface area contributed by atoms with Gasteiger partial charge in [-0.2, -0.15) is 0 Å². The molecule has 0 fully saturated rings. The van der Waals surface area contributed by atoms with E-state index in [1.165, 1.54) is 23.3 Å². The van der Waals surface area contributed by atoms with Crippen molar-refractivity contribution in [2.45, 2.75) is 64.3 Å². The van der Waals surface area contributed by atoms with Gasteiger partial charge in [0.15, 0.2) is 0 Å². The van der Waals surface area contributed by atoms with Crippen LogP contribution in [0.5, 0.6) is 0 Å². The Morgan fingerprint density at radius 1 is 0.830 bits per heavy atom. The Balaban J connectivity index is 1.23. The number of alkyl halides is 1. The van der Waals surface area contributed by atoms with Gasteiger partial charge in [-0.15, -0.1) is 11.3 Å². The predicted octanol–water partition coefficient (Wildman–Crippen LogP) is 8.05.